The van der Waals surface area contributed by atoms with Crippen molar-refractivity contribution in [3.8, 4) is 11.3 Å². The van der Waals surface area contributed by atoms with Gasteiger partial charge in [0.15, 0.2) is 0 Å². The average Bonchev–Trinajstić information content (AvgIpc) is 3.64. The van der Waals surface area contributed by atoms with Crippen LogP contribution in [0.5, 0.6) is 0 Å². The van der Waals surface area contributed by atoms with Crippen LogP contribution in [0.15, 0.2) is 47.4 Å². The molecule has 3 aliphatic heterocycles. The highest BCUT2D eigenvalue weighted by atomic mass is 32.2. The smallest absolute Gasteiger partial charge is 0.390 e. The molecule has 11 heteroatoms. The van der Waals surface area contributed by atoms with Crippen molar-refractivity contribution in [3.63, 3.8) is 0 Å². The quantitative estimate of drug-likeness (QED) is 0.376. The van der Waals surface area contributed by atoms with Gasteiger partial charge in [-0.15, -0.1) is 11.8 Å². The lowest BCUT2D eigenvalue weighted by Gasteiger charge is -2.30. The molecule has 3 aliphatic rings. The van der Waals surface area contributed by atoms with E-state index in [-0.39, 0.29) is 16.6 Å². The summed E-state index contributed by atoms with van der Waals surface area (Å²) in [5, 5.41) is 19.3. The van der Waals surface area contributed by atoms with E-state index in [0.717, 1.165) is 74.4 Å². The highest BCUT2D eigenvalue weighted by Gasteiger charge is 2.35. The van der Waals surface area contributed by atoms with E-state index in [2.05, 4.69) is 28.4 Å². The van der Waals surface area contributed by atoms with Gasteiger partial charge in [0.05, 0.1) is 29.7 Å². The van der Waals surface area contributed by atoms with Gasteiger partial charge in [-0.2, -0.15) is 18.3 Å². The predicted molar refractivity (Wildman–Crippen MR) is 156 cm³/mol. The number of nitrogens with zero attached hydrogens (tertiary/aromatic N) is 4. The summed E-state index contributed by atoms with van der Waals surface area (Å²) < 4.78 is 43.6. The van der Waals surface area contributed by atoms with Crippen molar-refractivity contribution in [2.24, 2.45) is 0 Å². The van der Waals surface area contributed by atoms with Gasteiger partial charge < -0.3 is 15.3 Å². The number of carbonyl (C=O) groups is 1. The second-order valence-corrected chi connectivity index (χ2v) is 12.4. The third-order valence-electron chi connectivity index (χ3n) is 8.44. The molecule has 1 aromatic heterocycles. The van der Waals surface area contributed by atoms with Gasteiger partial charge in [0, 0.05) is 74.0 Å². The van der Waals surface area contributed by atoms with Crippen LogP contribution in [0.3, 0.4) is 0 Å². The molecule has 2 aromatic carbocycles. The maximum absolute atomic E-state index is 13.9. The average molecular weight is 600 g/mol. The molecule has 1 fully saturated rings. The van der Waals surface area contributed by atoms with Crippen LogP contribution < -0.4 is 5.32 Å². The summed E-state index contributed by atoms with van der Waals surface area (Å²) in [6.45, 7) is 5.16. The van der Waals surface area contributed by atoms with Crippen molar-refractivity contribution in [1.82, 2.24) is 24.9 Å². The number of thioether (sulfide) groups is 1. The molecule has 0 spiro atoms. The Morgan fingerprint density at radius 2 is 1.83 bits per heavy atom. The number of amides is 1. The number of aromatic nitrogens is 2. The second-order valence-electron chi connectivity index (χ2n) is 11.4. The minimum atomic E-state index is -4.53. The Morgan fingerprint density at radius 1 is 1.05 bits per heavy atom. The summed E-state index contributed by atoms with van der Waals surface area (Å²) in [7, 11) is 0. The number of benzene rings is 2. The summed E-state index contributed by atoms with van der Waals surface area (Å²) in [6, 6.07) is 12.5. The number of carbonyl (C=O) groups excluding carboxylic acids is 1. The molecule has 224 valence electrons. The zero-order chi connectivity index (χ0) is 29.3. The molecule has 0 aliphatic carbocycles. The van der Waals surface area contributed by atoms with Gasteiger partial charge in [0.1, 0.15) is 0 Å². The monoisotopic (exact) mass is 599 g/mol. The van der Waals surface area contributed by atoms with Crippen molar-refractivity contribution in [1.29, 1.82) is 0 Å². The third kappa shape index (κ3) is 6.39. The molecule has 1 saturated heterocycles. The Bertz CT molecular complexity index is 1440. The number of fused-ring (bicyclic) bond motifs is 2. The number of aliphatic hydroxyl groups is 1. The van der Waals surface area contributed by atoms with E-state index >= 15 is 0 Å². The number of halogens is 3. The van der Waals surface area contributed by atoms with Crippen LogP contribution in [0.25, 0.3) is 11.3 Å². The molecule has 1 atom stereocenters. The first kappa shape index (κ1) is 29.2. The van der Waals surface area contributed by atoms with E-state index < -0.39 is 17.8 Å². The summed E-state index contributed by atoms with van der Waals surface area (Å²) in [6.07, 6.45) is -1.63. The Hall–Kier alpha value is -2.86. The lowest BCUT2D eigenvalue weighted by molar-refractivity contribution is -0.139. The van der Waals surface area contributed by atoms with E-state index in [1.165, 1.54) is 23.3 Å². The molecule has 6 rings (SSSR count). The molecular formula is C31H36F3N5O2S. The molecule has 3 aromatic rings. The number of likely N-dealkylation sites (tertiary alicyclic amines) is 1. The van der Waals surface area contributed by atoms with Gasteiger partial charge >= 0.3 is 6.18 Å². The molecule has 1 amide bonds. The van der Waals surface area contributed by atoms with Crippen LogP contribution in [0.2, 0.25) is 0 Å². The highest BCUT2D eigenvalue weighted by Crippen LogP contribution is 2.40. The van der Waals surface area contributed by atoms with Crippen LogP contribution >= 0.6 is 11.8 Å². The SMILES string of the molecule is O=C(CSc1cc(-c2nn(CC(O)CN3CCc4ccccc4C3)c3c2CNCC3)ccc1C(F)(F)F)N1CCCC1. The molecule has 42 heavy (non-hydrogen) atoms. The zero-order valence-electron chi connectivity index (χ0n) is 23.5. The van der Waals surface area contributed by atoms with Crippen molar-refractivity contribution < 1.29 is 23.1 Å². The fraction of sp³-hybridized carbons (Fsp3) is 0.484. The number of alkyl halides is 3. The largest absolute Gasteiger partial charge is 0.417 e. The second kappa shape index (κ2) is 12.4. The zero-order valence-corrected chi connectivity index (χ0v) is 24.3. The minimum Gasteiger partial charge on any atom is -0.390 e. The number of rotatable bonds is 8. The summed E-state index contributed by atoms with van der Waals surface area (Å²) in [5.41, 5.74) is 5.07. The van der Waals surface area contributed by atoms with Crippen LogP contribution in [0.4, 0.5) is 13.2 Å². The van der Waals surface area contributed by atoms with Crippen molar-refractivity contribution in [3.05, 3.63) is 70.4 Å². The molecule has 1 unspecified atom stereocenters. The van der Waals surface area contributed by atoms with Gasteiger partial charge in [-0.05, 0) is 42.5 Å². The van der Waals surface area contributed by atoms with E-state index in [0.29, 0.717) is 44.0 Å². The van der Waals surface area contributed by atoms with Crippen LogP contribution in [0, 0.1) is 0 Å². The number of aliphatic hydroxyl groups excluding tert-OH is 1. The molecule has 0 bridgehead atoms. The number of β-amino-alcohol motifs (C(OH)–C–C–N with tert-alkyl or cyclic N) is 1. The first-order valence-electron chi connectivity index (χ1n) is 14.6. The molecule has 0 saturated carbocycles. The first-order chi connectivity index (χ1) is 20.3. The summed E-state index contributed by atoms with van der Waals surface area (Å²) in [5.74, 6) is -0.165. The maximum Gasteiger partial charge on any atom is 0.417 e. The summed E-state index contributed by atoms with van der Waals surface area (Å²) >= 11 is 0.940. The molecule has 4 heterocycles. The van der Waals surface area contributed by atoms with E-state index in [9.17, 15) is 23.1 Å². The third-order valence-corrected chi connectivity index (χ3v) is 9.48. The number of hydrogen-bond donors (Lipinski definition) is 2. The Kier molecular flexibility index (Phi) is 8.63. The topological polar surface area (TPSA) is 73.6 Å². The lowest BCUT2D eigenvalue weighted by Crippen LogP contribution is -2.38. The minimum absolute atomic E-state index is 0.0324. The molecule has 7 nitrogen and oxygen atoms in total. The van der Waals surface area contributed by atoms with Crippen molar-refractivity contribution in [2.45, 2.75) is 62.5 Å². The van der Waals surface area contributed by atoms with Crippen LogP contribution in [0.1, 0.15) is 40.8 Å². The van der Waals surface area contributed by atoms with Gasteiger partial charge in [-0.1, -0.05) is 30.3 Å². The molecule has 0 radical (unpaired) electrons. The number of hydrogen-bond acceptors (Lipinski definition) is 6. The normalized spacial score (nSPS) is 18.1. The van der Waals surface area contributed by atoms with E-state index in [1.807, 2.05) is 10.7 Å². The standard InChI is InChI=1S/C31H36F3N5O2S/c32-31(33,34)26-8-7-22(15-28(26)42-20-29(41)38-12-3-4-13-38)30-25-16-35-11-9-27(25)39(36-30)19-24(40)18-37-14-10-21-5-1-2-6-23(21)17-37/h1-2,5-8,15,24,35,40H,3-4,9-14,16-20H2. The van der Waals surface area contributed by atoms with Gasteiger partial charge in [0.2, 0.25) is 5.91 Å². The van der Waals surface area contributed by atoms with E-state index in [4.69, 9.17) is 5.10 Å². The Balaban J connectivity index is 1.22. The summed E-state index contributed by atoms with van der Waals surface area (Å²) in [4.78, 5) is 16.6. The highest BCUT2D eigenvalue weighted by molar-refractivity contribution is 8.00. The predicted octanol–water partition coefficient (Wildman–Crippen LogP) is 4.35. The van der Waals surface area contributed by atoms with Gasteiger partial charge in [-0.25, -0.2) is 0 Å². The van der Waals surface area contributed by atoms with Crippen molar-refractivity contribution >= 4 is 17.7 Å². The fourth-order valence-electron chi connectivity index (χ4n) is 6.29. The van der Waals surface area contributed by atoms with Crippen molar-refractivity contribution in [2.75, 3.05) is 38.5 Å². The fourth-order valence-corrected chi connectivity index (χ4v) is 7.30. The Labute approximate surface area is 248 Å². The van der Waals surface area contributed by atoms with Gasteiger partial charge in [0.25, 0.3) is 0 Å². The lowest BCUT2D eigenvalue weighted by atomic mass is 9.99. The molecule has 2 N–H and O–H groups in total. The maximum atomic E-state index is 13.9. The van der Waals surface area contributed by atoms with Crippen LogP contribution in [-0.4, -0.2) is 75.2 Å². The number of nitrogens with one attached hydrogen (secondary N) is 1. The van der Waals surface area contributed by atoms with E-state index in [1.54, 1.807) is 4.90 Å². The first-order valence-corrected chi connectivity index (χ1v) is 15.6. The molecular weight excluding hydrogens is 563 g/mol. The van der Waals surface area contributed by atoms with Gasteiger partial charge in [-0.3, -0.25) is 14.4 Å². The Morgan fingerprint density at radius 3 is 2.62 bits per heavy atom. The van der Waals surface area contributed by atoms with Crippen LogP contribution in [-0.2, 0) is 43.4 Å².